The molecule has 0 aliphatic rings. The van der Waals surface area contributed by atoms with Gasteiger partial charge in [0.15, 0.2) is 0 Å². The van der Waals surface area contributed by atoms with Gasteiger partial charge in [-0.3, -0.25) is 10.1 Å². The summed E-state index contributed by atoms with van der Waals surface area (Å²) in [5, 5.41) is 13.8. The van der Waals surface area contributed by atoms with E-state index in [2.05, 4.69) is 5.32 Å². The van der Waals surface area contributed by atoms with Crippen molar-refractivity contribution in [2.75, 3.05) is 5.32 Å². The normalized spacial score (nSPS) is 10.2. The predicted molar refractivity (Wildman–Crippen MR) is 71.6 cm³/mol. The summed E-state index contributed by atoms with van der Waals surface area (Å²) in [6, 6.07) is 11.2. The first-order valence-electron chi connectivity index (χ1n) is 5.81. The summed E-state index contributed by atoms with van der Waals surface area (Å²) in [6.45, 7) is 1.95. The Morgan fingerprint density at radius 3 is 2.63 bits per heavy atom. The minimum Gasteiger partial charge on any atom is -0.380 e. The molecular weight excluding hydrogens is 247 g/mol. The van der Waals surface area contributed by atoms with E-state index in [4.69, 9.17) is 0 Å². The first kappa shape index (κ1) is 13.0. The molecule has 0 aromatic heterocycles. The van der Waals surface area contributed by atoms with Gasteiger partial charge in [0.1, 0.15) is 5.82 Å². The first-order valence-corrected chi connectivity index (χ1v) is 5.81. The highest BCUT2D eigenvalue weighted by Gasteiger charge is 2.13. The molecule has 0 bridgehead atoms. The summed E-state index contributed by atoms with van der Waals surface area (Å²) in [5.74, 6) is -0.293. The van der Waals surface area contributed by atoms with Crippen LogP contribution in [0.5, 0.6) is 0 Å². The van der Waals surface area contributed by atoms with Crippen molar-refractivity contribution < 1.29 is 9.31 Å². The highest BCUT2D eigenvalue weighted by atomic mass is 19.1. The second-order valence-electron chi connectivity index (χ2n) is 4.15. The van der Waals surface area contributed by atoms with E-state index in [1.807, 2.05) is 0 Å². The molecule has 0 radical (unpaired) electrons. The number of hydrogen-bond donors (Lipinski definition) is 1. The standard InChI is InChI=1S/C14H13FN2O2/c1-10-13(7-4-8-14(10)17(18)19)16-9-11-5-2-3-6-12(11)15/h2-8,16H,9H2,1H3. The number of hydrogen-bond acceptors (Lipinski definition) is 3. The van der Waals surface area contributed by atoms with Crippen LogP contribution >= 0.6 is 0 Å². The fourth-order valence-electron chi connectivity index (χ4n) is 1.84. The molecule has 0 aliphatic carbocycles. The molecule has 0 saturated heterocycles. The van der Waals surface area contributed by atoms with Crippen molar-refractivity contribution in [3.63, 3.8) is 0 Å². The zero-order valence-electron chi connectivity index (χ0n) is 10.4. The van der Waals surface area contributed by atoms with Gasteiger partial charge in [0.25, 0.3) is 5.69 Å². The lowest BCUT2D eigenvalue weighted by Crippen LogP contribution is -2.04. The Morgan fingerprint density at radius 2 is 1.95 bits per heavy atom. The highest BCUT2D eigenvalue weighted by Crippen LogP contribution is 2.25. The minimum absolute atomic E-state index is 0.0542. The largest absolute Gasteiger partial charge is 0.380 e. The van der Waals surface area contributed by atoms with Crippen LogP contribution in [0.25, 0.3) is 0 Å². The van der Waals surface area contributed by atoms with Crippen molar-refractivity contribution in [1.29, 1.82) is 0 Å². The summed E-state index contributed by atoms with van der Waals surface area (Å²) in [7, 11) is 0. The number of benzene rings is 2. The molecule has 2 aromatic carbocycles. The Hall–Kier alpha value is -2.43. The average Bonchev–Trinajstić information content (AvgIpc) is 2.39. The monoisotopic (exact) mass is 260 g/mol. The smallest absolute Gasteiger partial charge is 0.274 e. The van der Waals surface area contributed by atoms with Crippen LogP contribution in [0.2, 0.25) is 0 Å². The van der Waals surface area contributed by atoms with Crippen LogP contribution in [0, 0.1) is 22.9 Å². The van der Waals surface area contributed by atoms with E-state index < -0.39 is 4.92 Å². The van der Waals surface area contributed by atoms with Crippen LogP contribution in [-0.2, 0) is 6.54 Å². The van der Waals surface area contributed by atoms with E-state index >= 15 is 0 Å². The van der Waals surface area contributed by atoms with E-state index in [1.165, 1.54) is 12.1 Å². The minimum atomic E-state index is -0.427. The molecule has 4 nitrogen and oxygen atoms in total. The Bertz CT molecular complexity index is 614. The Kier molecular flexibility index (Phi) is 3.75. The van der Waals surface area contributed by atoms with Crippen LogP contribution in [-0.4, -0.2) is 4.92 Å². The van der Waals surface area contributed by atoms with Crippen molar-refractivity contribution in [3.05, 3.63) is 69.5 Å². The Morgan fingerprint density at radius 1 is 1.21 bits per heavy atom. The molecular formula is C14H13FN2O2. The maximum absolute atomic E-state index is 13.5. The molecule has 98 valence electrons. The van der Waals surface area contributed by atoms with Gasteiger partial charge in [-0.05, 0) is 19.1 Å². The summed E-state index contributed by atoms with van der Waals surface area (Å²) in [4.78, 5) is 10.4. The molecule has 0 atom stereocenters. The van der Waals surface area contributed by atoms with Gasteiger partial charge in [-0.25, -0.2) is 4.39 Å². The maximum atomic E-state index is 13.5. The molecule has 19 heavy (non-hydrogen) atoms. The van der Waals surface area contributed by atoms with E-state index in [1.54, 1.807) is 37.3 Å². The lowest BCUT2D eigenvalue weighted by molar-refractivity contribution is -0.385. The van der Waals surface area contributed by atoms with Crippen molar-refractivity contribution in [2.24, 2.45) is 0 Å². The lowest BCUT2D eigenvalue weighted by atomic mass is 10.1. The number of nitro groups is 1. The fraction of sp³-hybridized carbons (Fsp3) is 0.143. The van der Waals surface area contributed by atoms with Crippen LogP contribution in [0.4, 0.5) is 15.8 Å². The second-order valence-corrected chi connectivity index (χ2v) is 4.15. The molecule has 5 heteroatoms. The number of nitrogens with zero attached hydrogens (tertiary/aromatic N) is 1. The van der Waals surface area contributed by atoms with E-state index in [0.717, 1.165) is 0 Å². The summed E-state index contributed by atoms with van der Waals surface area (Å²) >= 11 is 0. The van der Waals surface area contributed by atoms with Gasteiger partial charge < -0.3 is 5.32 Å². The van der Waals surface area contributed by atoms with Gasteiger partial charge >= 0.3 is 0 Å². The summed E-state index contributed by atoms with van der Waals surface area (Å²) < 4.78 is 13.5. The summed E-state index contributed by atoms with van der Waals surface area (Å²) in [5.41, 5.74) is 1.76. The van der Waals surface area contributed by atoms with Gasteiger partial charge in [0, 0.05) is 29.4 Å². The van der Waals surface area contributed by atoms with Crippen LogP contribution in [0.3, 0.4) is 0 Å². The molecule has 2 aromatic rings. The zero-order valence-corrected chi connectivity index (χ0v) is 10.4. The molecule has 0 aliphatic heterocycles. The van der Waals surface area contributed by atoms with Crippen molar-refractivity contribution in [1.82, 2.24) is 0 Å². The third kappa shape index (κ3) is 2.88. The predicted octanol–water partition coefficient (Wildman–Crippen LogP) is 3.65. The third-order valence-electron chi connectivity index (χ3n) is 2.93. The number of anilines is 1. The van der Waals surface area contributed by atoms with Crippen molar-refractivity contribution >= 4 is 11.4 Å². The van der Waals surface area contributed by atoms with Gasteiger partial charge in [0.2, 0.25) is 0 Å². The van der Waals surface area contributed by atoms with E-state index in [-0.39, 0.29) is 18.0 Å². The van der Waals surface area contributed by atoms with Gasteiger partial charge in [-0.1, -0.05) is 24.3 Å². The van der Waals surface area contributed by atoms with Crippen LogP contribution in [0.15, 0.2) is 42.5 Å². The first-order chi connectivity index (χ1) is 9.09. The van der Waals surface area contributed by atoms with Crippen LogP contribution in [0.1, 0.15) is 11.1 Å². The molecule has 0 fully saturated rings. The number of nitro benzene ring substituents is 1. The van der Waals surface area contributed by atoms with Crippen LogP contribution < -0.4 is 5.32 Å². The summed E-state index contributed by atoms with van der Waals surface area (Å²) in [6.07, 6.45) is 0. The molecule has 0 heterocycles. The lowest BCUT2D eigenvalue weighted by Gasteiger charge is -2.10. The second kappa shape index (κ2) is 5.48. The molecule has 2 rings (SSSR count). The molecule has 0 spiro atoms. The quantitative estimate of drug-likeness (QED) is 0.674. The zero-order chi connectivity index (χ0) is 13.8. The fourth-order valence-corrected chi connectivity index (χ4v) is 1.84. The van der Waals surface area contributed by atoms with Gasteiger partial charge in [0.05, 0.1) is 4.92 Å². The number of halogens is 1. The van der Waals surface area contributed by atoms with Crippen molar-refractivity contribution in [2.45, 2.75) is 13.5 Å². The van der Waals surface area contributed by atoms with Gasteiger partial charge in [-0.15, -0.1) is 0 Å². The maximum Gasteiger partial charge on any atom is 0.274 e. The SMILES string of the molecule is Cc1c(NCc2ccccc2F)cccc1[N+](=O)[O-]. The molecule has 1 N–H and O–H groups in total. The molecule has 0 saturated carbocycles. The Balaban J connectivity index is 2.19. The third-order valence-corrected chi connectivity index (χ3v) is 2.93. The topological polar surface area (TPSA) is 55.2 Å². The average molecular weight is 260 g/mol. The van der Waals surface area contributed by atoms with Gasteiger partial charge in [-0.2, -0.15) is 0 Å². The van der Waals surface area contributed by atoms with Crippen molar-refractivity contribution in [3.8, 4) is 0 Å². The number of nitrogens with one attached hydrogen (secondary N) is 1. The highest BCUT2D eigenvalue weighted by molar-refractivity contribution is 5.59. The van der Waals surface area contributed by atoms with E-state index in [0.29, 0.717) is 16.8 Å². The van der Waals surface area contributed by atoms with E-state index in [9.17, 15) is 14.5 Å². The number of rotatable bonds is 4. The Labute approximate surface area is 110 Å². The molecule has 0 amide bonds. The molecule has 0 unspecified atom stereocenters.